The van der Waals surface area contributed by atoms with Crippen LogP contribution in [0, 0.1) is 0 Å². The molecule has 0 saturated heterocycles. The average Bonchev–Trinajstić information content (AvgIpc) is 2.48. The van der Waals surface area contributed by atoms with Gasteiger partial charge in [-0.25, -0.2) is 18.2 Å². The van der Waals surface area contributed by atoms with Gasteiger partial charge in [0.2, 0.25) is 5.95 Å². The summed E-state index contributed by atoms with van der Waals surface area (Å²) in [6.45, 7) is 1.88. The predicted octanol–water partition coefficient (Wildman–Crippen LogP) is 2.04. The summed E-state index contributed by atoms with van der Waals surface area (Å²) in [5.41, 5.74) is 6.17. The van der Waals surface area contributed by atoms with Gasteiger partial charge in [-0.15, -0.1) is 0 Å². The summed E-state index contributed by atoms with van der Waals surface area (Å²) in [7, 11) is -3.36. The number of hydrogen-bond acceptors (Lipinski definition) is 8. The van der Waals surface area contributed by atoms with Crippen molar-refractivity contribution in [1.29, 1.82) is 0 Å². The number of nitrogens with one attached hydrogen (secondary N) is 1. The van der Waals surface area contributed by atoms with Crippen molar-refractivity contribution in [1.82, 2.24) is 9.97 Å². The summed E-state index contributed by atoms with van der Waals surface area (Å²) < 4.78 is 27.8. The molecule has 8 nitrogen and oxygen atoms in total. The first-order chi connectivity index (χ1) is 11.2. The van der Waals surface area contributed by atoms with Gasteiger partial charge in [-0.05, 0) is 25.1 Å². The molecule has 0 aliphatic carbocycles. The van der Waals surface area contributed by atoms with E-state index in [1.165, 1.54) is 24.4 Å². The van der Waals surface area contributed by atoms with E-state index in [1.54, 1.807) is 6.92 Å². The summed E-state index contributed by atoms with van der Waals surface area (Å²) in [6.07, 6.45) is 2.32. The molecule has 0 saturated carbocycles. The quantitative estimate of drug-likeness (QED) is 0.766. The molecule has 3 N–H and O–H groups in total. The van der Waals surface area contributed by atoms with Gasteiger partial charge in [-0.1, -0.05) is 11.6 Å². The Morgan fingerprint density at radius 3 is 2.67 bits per heavy atom. The second-order valence-electron chi connectivity index (χ2n) is 4.75. The van der Waals surface area contributed by atoms with E-state index in [0.717, 1.165) is 6.26 Å². The molecule has 10 heteroatoms. The Kier molecular flexibility index (Phi) is 5.25. The first kappa shape index (κ1) is 18.0. The molecule has 0 aliphatic rings. The maximum Gasteiger partial charge on any atom is 0.343 e. The third-order valence-electron chi connectivity index (χ3n) is 2.93. The minimum absolute atomic E-state index is 0.0465. The molecule has 1 aromatic carbocycles. The fraction of sp³-hybridized carbons (Fsp3) is 0.214. The monoisotopic (exact) mass is 370 g/mol. The van der Waals surface area contributed by atoms with Crippen LogP contribution >= 0.6 is 11.6 Å². The molecule has 0 radical (unpaired) electrons. The lowest BCUT2D eigenvalue weighted by Crippen LogP contribution is -2.11. The number of nitrogen functional groups attached to an aromatic ring is 1. The number of ether oxygens (including phenoxy) is 1. The largest absolute Gasteiger partial charge is 0.462 e. The van der Waals surface area contributed by atoms with Crippen molar-refractivity contribution in [3.63, 3.8) is 0 Å². The van der Waals surface area contributed by atoms with Gasteiger partial charge < -0.3 is 15.8 Å². The SMILES string of the molecule is CCOC(=O)c1cnc(Nc2ccc(S(C)(=O)=O)cc2Cl)nc1N. The van der Waals surface area contributed by atoms with E-state index in [2.05, 4.69) is 15.3 Å². The number of esters is 1. The van der Waals surface area contributed by atoms with Crippen LogP contribution in [0.25, 0.3) is 0 Å². The maximum absolute atomic E-state index is 11.6. The summed E-state index contributed by atoms with van der Waals surface area (Å²) in [5, 5.41) is 2.98. The van der Waals surface area contributed by atoms with E-state index in [4.69, 9.17) is 22.1 Å². The van der Waals surface area contributed by atoms with Gasteiger partial charge in [-0.3, -0.25) is 0 Å². The Morgan fingerprint density at radius 2 is 2.12 bits per heavy atom. The topological polar surface area (TPSA) is 124 Å². The Balaban J connectivity index is 2.26. The van der Waals surface area contributed by atoms with Crippen molar-refractivity contribution in [2.75, 3.05) is 23.9 Å². The van der Waals surface area contributed by atoms with Crippen LogP contribution in [0.15, 0.2) is 29.3 Å². The highest BCUT2D eigenvalue weighted by Crippen LogP contribution is 2.27. The fourth-order valence-corrected chi connectivity index (χ4v) is 2.71. The van der Waals surface area contributed by atoms with Crippen LogP contribution in [0.2, 0.25) is 5.02 Å². The Labute approximate surface area is 143 Å². The van der Waals surface area contributed by atoms with E-state index < -0.39 is 15.8 Å². The number of benzene rings is 1. The predicted molar refractivity (Wildman–Crippen MR) is 90.2 cm³/mol. The maximum atomic E-state index is 11.6. The van der Waals surface area contributed by atoms with Crippen LogP contribution in [0.1, 0.15) is 17.3 Å². The van der Waals surface area contributed by atoms with Crippen LogP contribution in [0.4, 0.5) is 17.5 Å². The summed E-state index contributed by atoms with van der Waals surface area (Å²) >= 11 is 6.06. The molecule has 0 unspecified atom stereocenters. The molecule has 128 valence electrons. The van der Waals surface area contributed by atoms with Crippen molar-refractivity contribution in [2.45, 2.75) is 11.8 Å². The Hall–Kier alpha value is -2.39. The number of nitrogens with zero attached hydrogens (tertiary/aromatic N) is 2. The van der Waals surface area contributed by atoms with E-state index in [0.29, 0.717) is 5.69 Å². The molecule has 1 aromatic heterocycles. The van der Waals surface area contributed by atoms with Crippen LogP contribution < -0.4 is 11.1 Å². The smallest absolute Gasteiger partial charge is 0.343 e. The van der Waals surface area contributed by atoms with E-state index in [-0.39, 0.29) is 33.9 Å². The van der Waals surface area contributed by atoms with Crippen LogP contribution in [-0.2, 0) is 14.6 Å². The summed E-state index contributed by atoms with van der Waals surface area (Å²) in [6, 6.07) is 4.20. The zero-order valence-electron chi connectivity index (χ0n) is 12.9. The third kappa shape index (κ3) is 4.12. The van der Waals surface area contributed by atoms with Crippen LogP contribution in [-0.4, -0.2) is 37.2 Å². The molecular formula is C14H15ClN4O4S. The van der Waals surface area contributed by atoms with Gasteiger partial charge in [0.1, 0.15) is 11.4 Å². The first-order valence-corrected chi connectivity index (χ1v) is 9.05. The lowest BCUT2D eigenvalue weighted by Gasteiger charge is -2.10. The zero-order valence-corrected chi connectivity index (χ0v) is 14.5. The fourth-order valence-electron chi connectivity index (χ4n) is 1.77. The van der Waals surface area contributed by atoms with Crippen LogP contribution in [0.3, 0.4) is 0 Å². The van der Waals surface area contributed by atoms with Gasteiger partial charge in [0.05, 0.1) is 22.2 Å². The number of halogens is 1. The number of anilines is 3. The average molecular weight is 371 g/mol. The molecular weight excluding hydrogens is 356 g/mol. The molecule has 0 amide bonds. The molecule has 0 spiro atoms. The molecule has 0 atom stereocenters. The highest BCUT2D eigenvalue weighted by Gasteiger charge is 2.15. The Bertz CT molecular complexity index is 886. The highest BCUT2D eigenvalue weighted by atomic mass is 35.5. The van der Waals surface area contributed by atoms with Gasteiger partial charge in [0, 0.05) is 12.5 Å². The first-order valence-electron chi connectivity index (χ1n) is 6.78. The van der Waals surface area contributed by atoms with Gasteiger partial charge in [0.15, 0.2) is 9.84 Å². The minimum atomic E-state index is -3.36. The van der Waals surface area contributed by atoms with E-state index in [9.17, 15) is 13.2 Å². The number of sulfone groups is 1. The van der Waals surface area contributed by atoms with Crippen molar-refractivity contribution >= 4 is 44.9 Å². The van der Waals surface area contributed by atoms with Gasteiger partial charge in [-0.2, -0.15) is 4.98 Å². The second kappa shape index (κ2) is 7.02. The summed E-state index contributed by atoms with van der Waals surface area (Å²) in [4.78, 5) is 19.7. The molecule has 0 aliphatic heterocycles. The number of nitrogens with two attached hydrogens (primary N) is 1. The minimum Gasteiger partial charge on any atom is -0.462 e. The Morgan fingerprint density at radius 1 is 1.42 bits per heavy atom. The van der Waals surface area contributed by atoms with Crippen molar-refractivity contribution in [2.24, 2.45) is 0 Å². The lowest BCUT2D eigenvalue weighted by molar-refractivity contribution is 0.0527. The van der Waals surface area contributed by atoms with E-state index >= 15 is 0 Å². The van der Waals surface area contributed by atoms with Crippen LogP contribution in [0.5, 0.6) is 0 Å². The molecule has 2 aromatic rings. The summed E-state index contributed by atoms with van der Waals surface area (Å²) in [5.74, 6) is -0.554. The standard InChI is InChI=1S/C14H15ClN4O4S/c1-3-23-13(20)9-7-17-14(19-12(9)16)18-11-5-4-8(6-10(11)15)24(2,21)22/h4-7H,3H2,1-2H3,(H3,16,17,18,19). The highest BCUT2D eigenvalue weighted by molar-refractivity contribution is 7.90. The number of aromatic nitrogens is 2. The number of rotatable bonds is 5. The number of hydrogen-bond donors (Lipinski definition) is 2. The normalized spacial score (nSPS) is 11.1. The lowest BCUT2D eigenvalue weighted by atomic mass is 10.3. The molecule has 24 heavy (non-hydrogen) atoms. The third-order valence-corrected chi connectivity index (χ3v) is 4.35. The van der Waals surface area contributed by atoms with Gasteiger partial charge in [0.25, 0.3) is 0 Å². The molecule has 0 fully saturated rings. The molecule has 0 bridgehead atoms. The number of carbonyl (C=O) groups excluding carboxylic acids is 1. The molecule has 1 heterocycles. The van der Waals surface area contributed by atoms with Crippen molar-refractivity contribution < 1.29 is 17.9 Å². The van der Waals surface area contributed by atoms with E-state index in [1.807, 2.05) is 0 Å². The van der Waals surface area contributed by atoms with Crippen molar-refractivity contribution in [3.05, 3.63) is 35.0 Å². The van der Waals surface area contributed by atoms with Crippen molar-refractivity contribution in [3.8, 4) is 0 Å². The second-order valence-corrected chi connectivity index (χ2v) is 7.17. The zero-order chi connectivity index (χ0) is 17.9. The van der Waals surface area contributed by atoms with Gasteiger partial charge >= 0.3 is 5.97 Å². The molecule has 2 rings (SSSR count). The number of carbonyl (C=O) groups is 1.